The summed E-state index contributed by atoms with van der Waals surface area (Å²) in [6.07, 6.45) is -0.959. The molecule has 4 heteroatoms. The molecule has 0 bridgehead atoms. The maximum absolute atomic E-state index is 12.6. The van der Waals surface area contributed by atoms with Gasteiger partial charge in [0.25, 0.3) is 0 Å². The van der Waals surface area contributed by atoms with Crippen molar-refractivity contribution in [2.45, 2.75) is 25.4 Å². The SMILES string of the molecule is CCC(c1ccc(F)cc1)C(O)C(=O)O. The molecular formula is C11H13FO3. The first kappa shape index (κ1) is 11.7. The van der Waals surface area contributed by atoms with E-state index in [4.69, 9.17) is 5.11 Å². The van der Waals surface area contributed by atoms with Crippen molar-refractivity contribution in [1.82, 2.24) is 0 Å². The maximum Gasteiger partial charge on any atom is 0.333 e. The Bertz CT molecular complexity index is 334. The van der Waals surface area contributed by atoms with Crippen LogP contribution in [0, 0.1) is 5.82 Å². The number of aliphatic carboxylic acids is 1. The van der Waals surface area contributed by atoms with E-state index in [0.717, 1.165) is 0 Å². The molecule has 0 aliphatic heterocycles. The van der Waals surface area contributed by atoms with Gasteiger partial charge in [-0.3, -0.25) is 0 Å². The highest BCUT2D eigenvalue weighted by Gasteiger charge is 2.25. The van der Waals surface area contributed by atoms with Crippen molar-refractivity contribution >= 4 is 5.97 Å². The molecule has 0 heterocycles. The standard InChI is InChI=1S/C11H13FO3/c1-2-9(10(13)11(14)15)7-3-5-8(12)6-4-7/h3-6,9-10,13H,2H2,1H3,(H,14,15). The lowest BCUT2D eigenvalue weighted by Crippen LogP contribution is -2.27. The van der Waals surface area contributed by atoms with Crippen molar-refractivity contribution in [2.24, 2.45) is 0 Å². The molecule has 0 radical (unpaired) electrons. The van der Waals surface area contributed by atoms with Gasteiger partial charge in [0.05, 0.1) is 0 Å². The van der Waals surface area contributed by atoms with Crippen LogP contribution in [0.5, 0.6) is 0 Å². The summed E-state index contributed by atoms with van der Waals surface area (Å²) in [4.78, 5) is 10.6. The number of aliphatic hydroxyl groups excluding tert-OH is 1. The monoisotopic (exact) mass is 212 g/mol. The average Bonchev–Trinajstić information content (AvgIpc) is 2.21. The van der Waals surface area contributed by atoms with E-state index in [0.29, 0.717) is 12.0 Å². The van der Waals surface area contributed by atoms with Gasteiger partial charge in [-0.15, -0.1) is 0 Å². The molecule has 1 aromatic rings. The van der Waals surface area contributed by atoms with Crippen LogP contribution in [0.3, 0.4) is 0 Å². The van der Waals surface area contributed by atoms with Crippen molar-refractivity contribution in [1.29, 1.82) is 0 Å². The summed E-state index contributed by atoms with van der Waals surface area (Å²) in [5, 5.41) is 18.1. The lowest BCUT2D eigenvalue weighted by molar-refractivity contribution is -0.147. The Labute approximate surface area is 87.2 Å². The van der Waals surface area contributed by atoms with Gasteiger partial charge in [-0.05, 0) is 24.1 Å². The summed E-state index contributed by atoms with van der Waals surface area (Å²) in [6, 6.07) is 5.50. The van der Waals surface area contributed by atoms with Crippen molar-refractivity contribution in [3.63, 3.8) is 0 Å². The molecule has 0 aromatic heterocycles. The number of carbonyl (C=O) groups is 1. The van der Waals surface area contributed by atoms with Gasteiger partial charge in [0.15, 0.2) is 6.10 Å². The van der Waals surface area contributed by atoms with Crippen LogP contribution < -0.4 is 0 Å². The van der Waals surface area contributed by atoms with E-state index in [1.165, 1.54) is 24.3 Å². The minimum Gasteiger partial charge on any atom is -0.479 e. The number of hydrogen-bond donors (Lipinski definition) is 2. The predicted octanol–water partition coefficient (Wildman–Crippen LogP) is 1.76. The quantitative estimate of drug-likeness (QED) is 0.799. The minimum atomic E-state index is -1.44. The summed E-state index contributed by atoms with van der Waals surface area (Å²) in [7, 11) is 0. The molecule has 0 amide bonds. The Hall–Kier alpha value is -1.42. The normalized spacial score (nSPS) is 14.6. The highest BCUT2D eigenvalue weighted by atomic mass is 19.1. The first-order chi connectivity index (χ1) is 7.06. The van der Waals surface area contributed by atoms with E-state index >= 15 is 0 Å². The zero-order chi connectivity index (χ0) is 11.4. The van der Waals surface area contributed by atoms with Crippen LogP contribution in [0.25, 0.3) is 0 Å². The molecule has 3 nitrogen and oxygen atoms in total. The van der Waals surface area contributed by atoms with E-state index in [1.54, 1.807) is 6.92 Å². The summed E-state index contributed by atoms with van der Waals surface area (Å²) < 4.78 is 12.6. The van der Waals surface area contributed by atoms with Gasteiger partial charge in [0.2, 0.25) is 0 Å². The molecule has 82 valence electrons. The van der Waals surface area contributed by atoms with Crippen molar-refractivity contribution in [2.75, 3.05) is 0 Å². The molecule has 0 aliphatic rings. The number of benzene rings is 1. The lowest BCUT2D eigenvalue weighted by atomic mass is 9.91. The number of hydrogen-bond acceptors (Lipinski definition) is 2. The van der Waals surface area contributed by atoms with Gasteiger partial charge in [0.1, 0.15) is 5.82 Å². The molecule has 0 saturated heterocycles. The molecule has 0 aliphatic carbocycles. The summed E-state index contributed by atoms with van der Waals surface area (Å²) in [6.45, 7) is 1.78. The Morgan fingerprint density at radius 1 is 1.40 bits per heavy atom. The van der Waals surface area contributed by atoms with E-state index < -0.39 is 18.0 Å². The van der Waals surface area contributed by atoms with Gasteiger partial charge in [-0.1, -0.05) is 19.1 Å². The molecule has 0 saturated carbocycles. The predicted molar refractivity (Wildman–Crippen MR) is 53.1 cm³/mol. The number of aliphatic hydroxyl groups is 1. The van der Waals surface area contributed by atoms with Gasteiger partial charge in [0, 0.05) is 5.92 Å². The van der Waals surface area contributed by atoms with Crippen LogP contribution >= 0.6 is 0 Å². The molecule has 1 aromatic carbocycles. The number of carboxylic acids is 1. The fourth-order valence-electron chi connectivity index (χ4n) is 1.52. The molecule has 0 spiro atoms. The maximum atomic E-state index is 12.6. The van der Waals surface area contributed by atoms with E-state index in [-0.39, 0.29) is 5.82 Å². The van der Waals surface area contributed by atoms with E-state index in [1.807, 2.05) is 0 Å². The van der Waals surface area contributed by atoms with Crippen molar-refractivity contribution in [3.05, 3.63) is 35.6 Å². The number of halogens is 1. The van der Waals surface area contributed by atoms with Crippen LogP contribution in [0.1, 0.15) is 24.8 Å². The molecule has 1 rings (SSSR count). The summed E-state index contributed by atoms with van der Waals surface area (Å²) in [5.41, 5.74) is 0.633. The van der Waals surface area contributed by atoms with E-state index in [2.05, 4.69) is 0 Å². The third-order valence-electron chi connectivity index (χ3n) is 2.37. The molecule has 2 atom stereocenters. The highest BCUT2D eigenvalue weighted by Crippen LogP contribution is 2.23. The second-order valence-corrected chi connectivity index (χ2v) is 3.35. The second kappa shape index (κ2) is 4.89. The van der Waals surface area contributed by atoms with Gasteiger partial charge in [-0.25, -0.2) is 9.18 Å². The first-order valence-electron chi connectivity index (χ1n) is 4.72. The van der Waals surface area contributed by atoms with Crippen LogP contribution in [-0.2, 0) is 4.79 Å². The summed E-state index contributed by atoms with van der Waals surface area (Å²) in [5.74, 6) is -2.13. The van der Waals surface area contributed by atoms with Gasteiger partial charge >= 0.3 is 5.97 Å². The second-order valence-electron chi connectivity index (χ2n) is 3.35. The third kappa shape index (κ3) is 2.76. The van der Waals surface area contributed by atoms with Gasteiger partial charge < -0.3 is 10.2 Å². The molecular weight excluding hydrogens is 199 g/mol. The molecule has 2 N–H and O–H groups in total. The molecule has 15 heavy (non-hydrogen) atoms. The smallest absolute Gasteiger partial charge is 0.333 e. The third-order valence-corrected chi connectivity index (χ3v) is 2.37. The lowest BCUT2D eigenvalue weighted by Gasteiger charge is -2.18. The highest BCUT2D eigenvalue weighted by molar-refractivity contribution is 5.73. The van der Waals surface area contributed by atoms with Crippen molar-refractivity contribution in [3.8, 4) is 0 Å². The van der Waals surface area contributed by atoms with Crippen molar-refractivity contribution < 1.29 is 19.4 Å². The Morgan fingerprint density at radius 3 is 2.33 bits per heavy atom. The fourth-order valence-corrected chi connectivity index (χ4v) is 1.52. The van der Waals surface area contributed by atoms with Crippen LogP contribution in [0.4, 0.5) is 4.39 Å². The Kier molecular flexibility index (Phi) is 3.80. The number of rotatable bonds is 4. The Balaban J connectivity index is 2.92. The largest absolute Gasteiger partial charge is 0.479 e. The van der Waals surface area contributed by atoms with Crippen LogP contribution in [0.2, 0.25) is 0 Å². The van der Waals surface area contributed by atoms with Crippen LogP contribution in [-0.4, -0.2) is 22.3 Å². The topological polar surface area (TPSA) is 57.5 Å². The van der Waals surface area contributed by atoms with E-state index in [9.17, 15) is 14.3 Å². The zero-order valence-corrected chi connectivity index (χ0v) is 8.35. The van der Waals surface area contributed by atoms with Gasteiger partial charge in [-0.2, -0.15) is 0 Å². The minimum absolute atomic E-state index is 0.376. The summed E-state index contributed by atoms with van der Waals surface area (Å²) >= 11 is 0. The average molecular weight is 212 g/mol. The number of carboxylic acid groups (broad SMARTS) is 1. The molecule has 2 unspecified atom stereocenters. The van der Waals surface area contributed by atoms with Crippen LogP contribution in [0.15, 0.2) is 24.3 Å². The Morgan fingerprint density at radius 2 is 1.93 bits per heavy atom. The molecule has 0 fully saturated rings. The first-order valence-corrected chi connectivity index (χ1v) is 4.72. The zero-order valence-electron chi connectivity index (χ0n) is 8.35. The fraction of sp³-hybridized carbons (Fsp3) is 0.364.